The monoisotopic (exact) mass is 274 g/mol. The summed E-state index contributed by atoms with van der Waals surface area (Å²) in [5.74, 6) is 0.00637. The minimum absolute atomic E-state index is 0.00637. The second-order valence-electron chi connectivity index (χ2n) is 5.95. The molecule has 20 heavy (non-hydrogen) atoms. The van der Waals surface area contributed by atoms with Crippen LogP contribution in [-0.2, 0) is 11.3 Å². The fourth-order valence-electron chi connectivity index (χ4n) is 3.56. The van der Waals surface area contributed by atoms with Crippen molar-refractivity contribution in [1.82, 2.24) is 10.2 Å². The number of hydrogen-bond acceptors (Lipinski definition) is 3. The van der Waals surface area contributed by atoms with Crippen molar-refractivity contribution in [3.63, 3.8) is 0 Å². The molecule has 4 heteroatoms. The van der Waals surface area contributed by atoms with Gasteiger partial charge >= 0.3 is 0 Å². The van der Waals surface area contributed by atoms with E-state index in [4.69, 9.17) is 0 Å². The third-order valence-corrected chi connectivity index (χ3v) is 4.62. The highest BCUT2D eigenvalue weighted by Crippen LogP contribution is 2.36. The summed E-state index contributed by atoms with van der Waals surface area (Å²) in [4.78, 5) is 14.7. The summed E-state index contributed by atoms with van der Waals surface area (Å²) < 4.78 is 0. The van der Waals surface area contributed by atoms with E-state index >= 15 is 0 Å². The Morgan fingerprint density at radius 3 is 2.60 bits per heavy atom. The summed E-state index contributed by atoms with van der Waals surface area (Å²) >= 11 is 0. The summed E-state index contributed by atoms with van der Waals surface area (Å²) in [7, 11) is 0. The zero-order valence-electron chi connectivity index (χ0n) is 11.7. The topological polar surface area (TPSA) is 52.6 Å². The van der Waals surface area contributed by atoms with Gasteiger partial charge in [0.25, 0.3) is 0 Å². The quantitative estimate of drug-likeness (QED) is 0.862. The Bertz CT molecular complexity index is 469. The smallest absolute Gasteiger partial charge is 0.242 e. The Balaban J connectivity index is 1.85. The number of hydrogen-bond donors (Lipinski definition) is 2. The van der Waals surface area contributed by atoms with E-state index < -0.39 is 11.8 Å². The molecule has 4 nitrogen and oxygen atoms in total. The van der Waals surface area contributed by atoms with Gasteiger partial charge in [0.05, 0.1) is 0 Å². The second-order valence-corrected chi connectivity index (χ2v) is 5.95. The maximum absolute atomic E-state index is 12.5. The lowest BCUT2D eigenvalue weighted by Crippen LogP contribution is -2.68. The molecular weight excluding hydrogens is 252 g/mol. The standard InChI is InChI=1S/C16H22N2O2/c19-14-12-18(11-13-7-3-1-4-8-13)16(15(20)17-14)9-5-2-6-10-16/h1,3-4,7-8,14,19H,2,5-6,9-12H2,(H,17,20). The third kappa shape index (κ3) is 2.45. The number of amides is 1. The molecule has 1 aromatic rings. The van der Waals surface area contributed by atoms with Crippen LogP contribution in [0.5, 0.6) is 0 Å². The number of β-amino-alcohol motifs (C(OH)–C–C–N with tert-alkyl or cyclic N) is 1. The Morgan fingerprint density at radius 1 is 1.20 bits per heavy atom. The minimum Gasteiger partial charge on any atom is -0.372 e. The van der Waals surface area contributed by atoms with E-state index in [9.17, 15) is 9.90 Å². The lowest BCUT2D eigenvalue weighted by Gasteiger charge is -2.49. The molecule has 1 saturated heterocycles. The Kier molecular flexibility index (Phi) is 3.76. The average Bonchev–Trinajstić information content (AvgIpc) is 2.47. The fourth-order valence-corrected chi connectivity index (χ4v) is 3.56. The van der Waals surface area contributed by atoms with Gasteiger partial charge in [0.15, 0.2) is 0 Å². The number of nitrogens with zero attached hydrogens (tertiary/aromatic N) is 1. The molecule has 108 valence electrons. The van der Waals surface area contributed by atoms with Gasteiger partial charge in [0.1, 0.15) is 11.8 Å². The minimum atomic E-state index is -0.751. The van der Waals surface area contributed by atoms with Gasteiger partial charge in [-0.15, -0.1) is 0 Å². The van der Waals surface area contributed by atoms with Crippen molar-refractivity contribution < 1.29 is 9.90 Å². The number of aliphatic hydroxyl groups is 1. The van der Waals surface area contributed by atoms with E-state index in [1.807, 2.05) is 18.2 Å². The van der Waals surface area contributed by atoms with Crippen LogP contribution < -0.4 is 5.32 Å². The number of benzene rings is 1. The number of carbonyl (C=O) groups is 1. The number of rotatable bonds is 2. The maximum atomic E-state index is 12.5. The summed E-state index contributed by atoms with van der Waals surface area (Å²) in [5.41, 5.74) is 0.784. The first-order valence-corrected chi connectivity index (χ1v) is 7.49. The summed E-state index contributed by atoms with van der Waals surface area (Å²) in [6.07, 6.45) is 4.44. The van der Waals surface area contributed by atoms with E-state index in [2.05, 4.69) is 22.3 Å². The van der Waals surface area contributed by atoms with Crippen LogP contribution in [0.3, 0.4) is 0 Å². The van der Waals surface area contributed by atoms with Crippen molar-refractivity contribution in [3.05, 3.63) is 35.9 Å². The predicted octanol–water partition coefficient (Wildman–Crippen LogP) is 1.64. The fraction of sp³-hybridized carbons (Fsp3) is 0.562. The number of aliphatic hydroxyl groups excluding tert-OH is 1. The van der Waals surface area contributed by atoms with E-state index in [-0.39, 0.29) is 5.91 Å². The molecule has 2 fully saturated rings. The van der Waals surface area contributed by atoms with Gasteiger partial charge in [-0.2, -0.15) is 0 Å². The molecule has 0 radical (unpaired) electrons. The van der Waals surface area contributed by atoms with Crippen LogP contribution >= 0.6 is 0 Å². The van der Waals surface area contributed by atoms with Crippen molar-refractivity contribution in [2.45, 2.75) is 50.4 Å². The van der Waals surface area contributed by atoms with Crippen LogP contribution in [0.25, 0.3) is 0 Å². The molecule has 0 aromatic heterocycles. The summed E-state index contributed by atoms with van der Waals surface area (Å²) in [6.45, 7) is 1.24. The van der Waals surface area contributed by atoms with Crippen LogP contribution in [0, 0.1) is 0 Å². The number of nitrogens with one attached hydrogen (secondary N) is 1. The molecule has 1 aromatic carbocycles. The van der Waals surface area contributed by atoms with Crippen molar-refractivity contribution in [2.75, 3.05) is 6.54 Å². The molecule has 1 aliphatic carbocycles. The number of piperazine rings is 1. The van der Waals surface area contributed by atoms with Crippen molar-refractivity contribution in [3.8, 4) is 0 Å². The van der Waals surface area contributed by atoms with Gasteiger partial charge < -0.3 is 10.4 Å². The molecule has 1 heterocycles. The van der Waals surface area contributed by atoms with E-state index in [1.54, 1.807) is 0 Å². The van der Waals surface area contributed by atoms with Crippen LogP contribution in [0.4, 0.5) is 0 Å². The van der Waals surface area contributed by atoms with Crippen LogP contribution in [0.2, 0.25) is 0 Å². The largest absolute Gasteiger partial charge is 0.372 e. The van der Waals surface area contributed by atoms with Gasteiger partial charge in [-0.3, -0.25) is 9.69 Å². The van der Waals surface area contributed by atoms with Gasteiger partial charge in [0, 0.05) is 13.1 Å². The molecule has 1 aliphatic heterocycles. The first kappa shape index (κ1) is 13.6. The molecular formula is C16H22N2O2. The first-order valence-electron chi connectivity index (χ1n) is 7.49. The zero-order valence-corrected chi connectivity index (χ0v) is 11.7. The van der Waals surface area contributed by atoms with Gasteiger partial charge in [-0.1, -0.05) is 49.6 Å². The van der Waals surface area contributed by atoms with E-state index in [1.165, 1.54) is 12.0 Å². The average molecular weight is 274 g/mol. The molecule has 2 N–H and O–H groups in total. The van der Waals surface area contributed by atoms with Crippen LogP contribution in [0.1, 0.15) is 37.7 Å². The van der Waals surface area contributed by atoms with E-state index in [0.717, 1.165) is 32.2 Å². The second kappa shape index (κ2) is 5.54. The third-order valence-electron chi connectivity index (χ3n) is 4.62. The first-order chi connectivity index (χ1) is 9.71. The van der Waals surface area contributed by atoms with E-state index in [0.29, 0.717) is 6.54 Å². The Morgan fingerprint density at radius 2 is 1.90 bits per heavy atom. The highest BCUT2D eigenvalue weighted by molar-refractivity contribution is 5.87. The molecule has 0 bridgehead atoms. The number of carbonyl (C=O) groups excluding carboxylic acids is 1. The molecule has 1 unspecified atom stereocenters. The van der Waals surface area contributed by atoms with Gasteiger partial charge in [-0.05, 0) is 18.4 Å². The Hall–Kier alpha value is -1.39. The van der Waals surface area contributed by atoms with Gasteiger partial charge in [0.2, 0.25) is 5.91 Å². The van der Waals surface area contributed by atoms with Crippen LogP contribution in [-0.4, -0.2) is 34.2 Å². The highest BCUT2D eigenvalue weighted by atomic mass is 16.3. The molecule has 1 atom stereocenters. The summed E-state index contributed by atoms with van der Waals surface area (Å²) in [6, 6.07) is 10.2. The molecule has 1 saturated carbocycles. The lowest BCUT2D eigenvalue weighted by molar-refractivity contribution is -0.150. The van der Waals surface area contributed by atoms with Crippen molar-refractivity contribution in [1.29, 1.82) is 0 Å². The normalized spacial score (nSPS) is 26.4. The predicted molar refractivity (Wildman–Crippen MR) is 76.8 cm³/mol. The Labute approximate surface area is 119 Å². The van der Waals surface area contributed by atoms with Crippen molar-refractivity contribution in [2.24, 2.45) is 0 Å². The molecule has 2 aliphatic rings. The van der Waals surface area contributed by atoms with Crippen LogP contribution in [0.15, 0.2) is 30.3 Å². The SMILES string of the molecule is O=C1NC(O)CN(Cc2ccccc2)C12CCCCC2. The van der Waals surface area contributed by atoms with Crippen molar-refractivity contribution >= 4 is 5.91 Å². The lowest BCUT2D eigenvalue weighted by atomic mass is 9.78. The highest BCUT2D eigenvalue weighted by Gasteiger charge is 2.48. The molecule has 1 spiro atoms. The summed E-state index contributed by atoms with van der Waals surface area (Å²) in [5, 5.41) is 12.6. The molecule has 3 rings (SSSR count). The van der Waals surface area contributed by atoms with Gasteiger partial charge in [-0.25, -0.2) is 0 Å². The zero-order chi connectivity index (χ0) is 14.0. The maximum Gasteiger partial charge on any atom is 0.242 e. The molecule has 1 amide bonds.